The zero-order valence-corrected chi connectivity index (χ0v) is 27.0. The van der Waals surface area contributed by atoms with E-state index in [-0.39, 0.29) is 0 Å². The first kappa shape index (κ1) is 41.1. The molecular formula is C32H46FN4O5P. The number of likely N-dealkylation sites (tertiary alicyclic amines) is 1. The molecule has 0 aliphatic carbocycles. The summed E-state index contributed by atoms with van der Waals surface area (Å²) < 4.78 is 11.9. The summed E-state index contributed by atoms with van der Waals surface area (Å²) in [6, 6.07) is 15.2. The highest BCUT2D eigenvalue weighted by atomic mass is 31.0. The molecule has 0 spiro atoms. The number of amides is 1. The zero-order chi connectivity index (χ0) is 33.6. The Morgan fingerprint density at radius 3 is 1.91 bits per heavy atom. The number of rotatable bonds is 7. The Morgan fingerprint density at radius 1 is 1.07 bits per heavy atom. The molecule has 2 aromatic rings. The number of hydrogen-bond acceptors (Lipinski definition) is 7. The van der Waals surface area contributed by atoms with Crippen molar-refractivity contribution in [2.45, 2.75) is 45.9 Å². The highest BCUT2D eigenvalue weighted by molar-refractivity contribution is 7.20. The average molecular weight is 617 g/mol. The van der Waals surface area contributed by atoms with Crippen LogP contribution in [0.5, 0.6) is 0 Å². The molecule has 0 radical (unpaired) electrons. The molecule has 236 valence electrons. The van der Waals surface area contributed by atoms with Crippen LogP contribution in [0.4, 0.5) is 10.1 Å². The molecule has 2 unspecified atom stereocenters. The number of carboxylic acids is 1. The maximum absolute atomic E-state index is 11.9. The quantitative estimate of drug-likeness (QED) is 0.265. The van der Waals surface area contributed by atoms with Gasteiger partial charge in [-0.2, -0.15) is 0 Å². The lowest BCUT2D eigenvalue weighted by Crippen LogP contribution is -2.28. The molecule has 2 aromatic carbocycles. The first-order valence-corrected chi connectivity index (χ1v) is 13.9. The minimum atomic E-state index is -2.17. The summed E-state index contributed by atoms with van der Waals surface area (Å²) in [5.41, 5.74) is 9.98. The summed E-state index contributed by atoms with van der Waals surface area (Å²) >= 11 is 0. The lowest BCUT2D eigenvalue weighted by Gasteiger charge is -2.26. The van der Waals surface area contributed by atoms with Crippen LogP contribution in [0.2, 0.25) is 0 Å². The number of benzene rings is 2. The van der Waals surface area contributed by atoms with Gasteiger partial charge in [0, 0.05) is 17.5 Å². The maximum atomic E-state index is 11.9. The molecule has 0 aromatic heterocycles. The SMILES string of the molecule is C=C(/N=C\C=C(/C)c1ccc(C)cc1)Nc1ccc(C(N)=O)cc1.C=O.C=O.CC(F)(P)C(=O)O.CC1CCN(C)CC1. The number of carbonyl (C=O) groups excluding carboxylic acids is 3. The van der Waals surface area contributed by atoms with Gasteiger partial charge in [0.15, 0.2) is 0 Å². The van der Waals surface area contributed by atoms with E-state index in [9.17, 15) is 14.0 Å². The first-order chi connectivity index (χ1) is 20.2. The molecule has 0 saturated carbocycles. The van der Waals surface area contributed by atoms with Gasteiger partial charge in [-0.3, -0.25) is 4.79 Å². The minimum Gasteiger partial charge on any atom is -0.479 e. The lowest BCUT2D eigenvalue weighted by atomic mass is 10.00. The Labute approximate surface area is 257 Å². The molecule has 2 atom stereocenters. The number of primary amides is 1. The van der Waals surface area contributed by atoms with Crippen molar-refractivity contribution in [1.82, 2.24) is 4.90 Å². The summed E-state index contributed by atoms with van der Waals surface area (Å²) in [4.78, 5) is 43.3. The van der Waals surface area contributed by atoms with Gasteiger partial charge in [0.25, 0.3) is 0 Å². The molecule has 1 aliphatic heterocycles. The summed E-state index contributed by atoms with van der Waals surface area (Å²) in [5.74, 6) is -0.423. The van der Waals surface area contributed by atoms with Crippen LogP contribution in [-0.4, -0.2) is 67.2 Å². The predicted molar refractivity (Wildman–Crippen MR) is 178 cm³/mol. The van der Waals surface area contributed by atoms with E-state index in [2.05, 4.69) is 66.9 Å². The van der Waals surface area contributed by atoms with Crippen LogP contribution in [0.1, 0.15) is 55.1 Å². The number of piperidine rings is 1. The lowest BCUT2D eigenvalue weighted by molar-refractivity contribution is -0.144. The molecule has 11 heteroatoms. The number of alkyl halides is 1. The van der Waals surface area contributed by atoms with Crippen molar-refractivity contribution in [3.8, 4) is 0 Å². The minimum absolute atomic E-state index is 0.449. The van der Waals surface area contributed by atoms with E-state index in [4.69, 9.17) is 20.4 Å². The van der Waals surface area contributed by atoms with E-state index in [1.165, 1.54) is 31.5 Å². The van der Waals surface area contributed by atoms with Crippen molar-refractivity contribution in [3.63, 3.8) is 0 Å². The van der Waals surface area contributed by atoms with E-state index in [0.29, 0.717) is 11.4 Å². The molecule has 1 saturated heterocycles. The van der Waals surface area contributed by atoms with Crippen molar-refractivity contribution in [2.24, 2.45) is 16.6 Å². The average Bonchev–Trinajstić information content (AvgIpc) is 2.97. The molecule has 0 bridgehead atoms. The Kier molecular flexibility index (Phi) is 21.6. The van der Waals surface area contributed by atoms with Crippen LogP contribution < -0.4 is 11.1 Å². The molecule has 1 amide bonds. The number of nitrogens with one attached hydrogen (secondary N) is 1. The Bertz CT molecular complexity index is 1160. The maximum Gasteiger partial charge on any atom is 0.344 e. The standard InChI is InChI=1S/C20H21N3O.C7H15N.C3H6FO2P.2CH2O/c1-14-4-6-17(7-5-14)15(2)12-13-22-16(3)23-19-10-8-18(9-11-19)20(21)24;1-7-3-5-8(2)6-4-7;1-3(4,7)2(5)6;2*1-2/h4-13,23H,3H2,1-2H3,(H2,21,24);7H,3-6H2,1-2H3;7H2,1H3,(H,5,6);2*1H2/b15-12+,22-13-;;;;. The Balaban J connectivity index is 0. The van der Waals surface area contributed by atoms with Crippen LogP contribution in [0.3, 0.4) is 0 Å². The van der Waals surface area contributed by atoms with Gasteiger partial charge >= 0.3 is 5.97 Å². The number of aliphatic imine (C=N–C) groups is 1. The number of allylic oxidation sites excluding steroid dienone is 2. The van der Waals surface area contributed by atoms with Gasteiger partial charge in [-0.15, -0.1) is 0 Å². The van der Waals surface area contributed by atoms with Crippen molar-refractivity contribution in [3.05, 3.63) is 83.7 Å². The third-order valence-corrected chi connectivity index (χ3v) is 6.19. The predicted octanol–water partition coefficient (Wildman–Crippen LogP) is 5.76. The van der Waals surface area contributed by atoms with Crippen LogP contribution in [0.15, 0.2) is 72.0 Å². The third kappa shape index (κ3) is 19.7. The van der Waals surface area contributed by atoms with E-state index < -0.39 is 17.3 Å². The largest absolute Gasteiger partial charge is 0.479 e. The summed E-state index contributed by atoms with van der Waals surface area (Å²) in [6.45, 7) is 17.9. The summed E-state index contributed by atoms with van der Waals surface area (Å²) in [5, 5.41) is 8.74. The second kappa shape index (κ2) is 22.6. The Hall–Kier alpha value is -4.01. The van der Waals surface area contributed by atoms with Crippen LogP contribution >= 0.6 is 9.24 Å². The van der Waals surface area contributed by atoms with Gasteiger partial charge in [0.1, 0.15) is 19.4 Å². The van der Waals surface area contributed by atoms with Gasteiger partial charge < -0.3 is 30.6 Å². The number of nitrogens with two attached hydrogens (primary N) is 1. The molecule has 4 N–H and O–H groups in total. The second-order valence-corrected chi connectivity index (χ2v) is 11.0. The topological polar surface area (TPSA) is 142 Å². The fraction of sp³-hybridized carbons (Fsp3) is 0.344. The smallest absolute Gasteiger partial charge is 0.344 e. The molecule has 3 rings (SSSR count). The monoisotopic (exact) mass is 616 g/mol. The molecule has 1 heterocycles. The van der Waals surface area contributed by atoms with E-state index >= 15 is 0 Å². The third-order valence-electron chi connectivity index (χ3n) is 5.95. The van der Waals surface area contributed by atoms with Gasteiger partial charge in [0.2, 0.25) is 11.3 Å². The number of aryl methyl sites for hydroxylation is 1. The molecule has 1 fully saturated rings. The summed E-state index contributed by atoms with van der Waals surface area (Å²) in [7, 11) is 3.77. The number of carbonyl (C=O) groups is 4. The van der Waals surface area contributed by atoms with Crippen molar-refractivity contribution >= 4 is 52.2 Å². The van der Waals surface area contributed by atoms with Crippen molar-refractivity contribution in [2.75, 3.05) is 25.5 Å². The number of carboxylic acid groups (broad SMARTS) is 1. The zero-order valence-electron chi connectivity index (χ0n) is 25.8. The highest BCUT2D eigenvalue weighted by Crippen LogP contribution is 2.18. The molecule has 9 nitrogen and oxygen atoms in total. The van der Waals surface area contributed by atoms with Crippen LogP contribution in [0.25, 0.3) is 5.57 Å². The molecule has 43 heavy (non-hydrogen) atoms. The second-order valence-electron chi connectivity index (χ2n) is 9.87. The normalized spacial score (nSPS) is 14.4. The molecule has 1 aliphatic rings. The number of hydrogen-bond donors (Lipinski definition) is 3. The summed E-state index contributed by atoms with van der Waals surface area (Å²) in [6.07, 6.45) is 6.45. The van der Waals surface area contributed by atoms with Gasteiger partial charge in [-0.05, 0) is 101 Å². The Morgan fingerprint density at radius 2 is 1.51 bits per heavy atom. The molecular weight excluding hydrogens is 570 g/mol. The van der Waals surface area contributed by atoms with E-state index in [1.54, 1.807) is 39.7 Å². The van der Waals surface area contributed by atoms with Gasteiger partial charge in [0.05, 0.1) is 0 Å². The number of halogens is 1. The van der Waals surface area contributed by atoms with E-state index in [1.807, 2.05) is 26.6 Å². The fourth-order valence-electron chi connectivity index (χ4n) is 3.21. The van der Waals surface area contributed by atoms with E-state index in [0.717, 1.165) is 29.7 Å². The van der Waals surface area contributed by atoms with Crippen molar-refractivity contribution in [1.29, 1.82) is 0 Å². The van der Waals surface area contributed by atoms with Gasteiger partial charge in [-0.1, -0.05) is 52.6 Å². The van der Waals surface area contributed by atoms with Gasteiger partial charge in [-0.25, -0.2) is 14.2 Å². The number of aliphatic carboxylic acids is 1. The van der Waals surface area contributed by atoms with Crippen molar-refractivity contribution < 1.29 is 28.7 Å². The fourth-order valence-corrected chi connectivity index (χ4v) is 3.21. The first-order valence-electron chi connectivity index (χ1n) is 13.3. The van der Waals surface area contributed by atoms with Crippen LogP contribution in [0, 0.1) is 12.8 Å². The number of nitrogens with zero attached hydrogens (tertiary/aromatic N) is 2. The van der Waals surface area contributed by atoms with Crippen LogP contribution in [-0.2, 0) is 14.4 Å². The highest BCUT2D eigenvalue weighted by Gasteiger charge is 2.25. The number of anilines is 1.